The number of phenolic OH excluding ortho intramolecular Hbond substituents is 1. The molecular formula is C10H13NO3. The number of phenols is 1. The lowest BCUT2D eigenvalue weighted by Crippen LogP contribution is -2.22. The number of carbonyl (C=O) groups is 1. The molecule has 0 saturated carbocycles. The molecule has 0 unspecified atom stereocenters. The molecule has 1 aromatic carbocycles. The number of methoxy groups -OCH3 is 1. The van der Waals surface area contributed by atoms with E-state index >= 15 is 0 Å². The lowest BCUT2D eigenvalue weighted by atomic mass is 10.0. The van der Waals surface area contributed by atoms with E-state index in [0.29, 0.717) is 5.56 Å². The van der Waals surface area contributed by atoms with Crippen LogP contribution in [0.5, 0.6) is 5.75 Å². The van der Waals surface area contributed by atoms with Gasteiger partial charge in [0.2, 0.25) is 0 Å². The van der Waals surface area contributed by atoms with Gasteiger partial charge in [0.05, 0.1) is 7.11 Å². The molecule has 1 aromatic rings. The number of aromatic hydroxyl groups is 1. The van der Waals surface area contributed by atoms with Crippen LogP contribution in [0.25, 0.3) is 0 Å². The van der Waals surface area contributed by atoms with Crippen LogP contribution in [0.4, 0.5) is 0 Å². The summed E-state index contributed by atoms with van der Waals surface area (Å²) in [6.07, 6.45) is 0. The Kier molecular flexibility index (Phi) is 3.09. The highest BCUT2D eigenvalue weighted by atomic mass is 16.5. The summed E-state index contributed by atoms with van der Waals surface area (Å²) in [5.41, 5.74) is 6.90. The Labute approximate surface area is 82.3 Å². The monoisotopic (exact) mass is 195 g/mol. The number of aryl methyl sites for hydroxylation is 1. The number of rotatable bonds is 2. The van der Waals surface area contributed by atoms with Gasteiger partial charge in [0.15, 0.2) is 0 Å². The summed E-state index contributed by atoms with van der Waals surface area (Å²) in [6, 6.07) is 3.98. The highest BCUT2D eigenvalue weighted by Crippen LogP contribution is 2.24. The van der Waals surface area contributed by atoms with Gasteiger partial charge in [-0.3, -0.25) is 4.79 Å². The van der Waals surface area contributed by atoms with Crippen molar-refractivity contribution in [3.05, 3.63) is 29.3 Å². The lowest BCUT2D eigenvalue weighted by Gasteiger charge is -2.11. The maximum Gasteiger partial charge on any atom is 0.327 e. The molecule has 1 rings (SSSR count). The molecular weight excluding hydrogens is 182 g/mol. The third-order valence-corrected chi connectivity index (χ3v) is 1.97. The second-order valence-corrected chi connectivity index (χ2v) is 3.06. The van der Waals surface area contributed by atoms with Crippen molar-refractivity contribution < 1.29 is 14.6 Å². The first-order chi connectivity index (χ1) is 6.56. The molecule has 4 heteroatoms. The van der Waals surface area contributed by atoms with Crippen molar-refractivity contribution in [3.63, 3.8) is 0 Å². The second-order valence-electron chi connectivity index (χ2n) is 3.06. The molecule has 0 aliphatic carbocycles. The van der Waals surface area contributed by atoms with Crippen molar-refractivity contribution in [1.29, 1.82) is 0 Å². The van der Waals surface area contributed by atoms with Gasteiger partial charge in [-0.15, -0.1) is 0 Å². The van der Waals surface area contributed by atoms with Gasteiger partial charge >= 0.3 is 5.97 Å². The summed E-state index contributed by atoms with van der Waals surface area (Å²) in [4.78, 5) is 11.1. The molecule has 0 amide bonds. The average Bonchev–Trinajstić information content (AvgIpc) is 2.19. The van der Waals surface area contributed by atoms with Crippen LogP contribution in [-0.4, -0.2) is 18.2 Å². The van der Waals surface area contributed by atoms with Crippen LogP contribution in [0.3, 0.4) is 0 Å². The molecule has 0 aliphatic heterocycles. The summed E-state index contributed by atoms with van der Waals surface area (Å²) in [7, 11) is 1.26. The van der Waals surface area contributed by atoms with Crippen LogP contribution < -0.4 is 5.73 Å². The Morgan fingerprint density at radius 2 is 2.21 bits per heavy atom. The Bertz CT molecular complexity index is 349. The maximum atomic E-state index is 11.1. The number of hydrogen-bond donors (Lipinski definition) is 2. The maximum absolute atomic E-state index is 11.1. The lowest BCUT2D eigenvalue weighted by molar-refractivity contribution is -0.142. The predicted octanol–water partition coefficient (Wildman–Crippen LogP) is 0.873. The molecule has 3 N–H and O–H groups in total. The minimum Gasteiger partial charge on any atom is -0.508 e. The minimum atomic E-state index is -0.931. The molecule has 14 heavy (non-hydrogen) atoms. The molecule has 0 heterocycles. The molecule has 0 aromatic heterocycles. The standard InChI is InChI=1S/C10H13NO3/c1-6-3-4-8(12)7(5-6)9(11)10(13)14-2/h3-5,9,12H,11H2,1-2H3/t9-/m1/s1. The van der Waals surface area contributed by atoms with Crippen molar-refractivity contribution in [1.82, 2.24) is 0 Å². The first-order valence-electron chi connectivity index (χ1n) is 4.19. The zero-order chi connectivity index (χ0) is 10.7. The molecule has 0 fully saturated rings. The summed E-state index contributed by atoms with van der Waals surface area (Å²) >= 11 is 0. The third-order valence-electron chi connectivity index (χ3n) is 1.97. The molecule has 0 spiro atoms. The Morgan fingerprint density at radius 3 is 2.79 bits per heavy atom. The van der Waals surface area contributed by atoms with Gasteiger partial charge in [-0.1, -0.05) is 17.7 Å². The number of esters is 1. The van der Waals surface area contributed by atoms with E-state index < -0.39 is 12.0 Å². The van der Waals surface area contributed by atoms with E-state index in [0.717, 1.165) is 5.56 Å². The SMILES string of the molecule is COC(=O)[C@H](N)c1cc(C)ccc1O. The van der Waals surface area contributed by atoms with Gasteiger partial charge in [-0.05, 0) is 13.0 Å². The van der Waals surface area contributed by atoms with Crippen molar-refractivity contribution in [2.45, 2.75) is 13.0 Å². The first kappa shape index (κ1) is 10.5. The summed E-state index contributed by atoms with van der Waals surface area (Å²) in [6.45, 7) is 1.85. The molecule has 76 valence electrons. The van der Waals surface area contributed by atoms with Gasteiger partial charge in [-0.25, -0.2) is 0 Å². The Balaban J connectivity index is 3.05. The fraction of sp³-hybridized carbons (Fsp3) is 0.300. The van der Waals surface area contributed by atoms with Crippen LogP contribution in [0.1, 0.15) is 17.2 Å². The molecule has 1 atom stereocenters. The minimum absolute atomic E-state index is 0.00787. The highest BCUT2D eigenvalue weighted by Gasteiger charge is 2.19. The topological polar surface area (TPSA) is 72.5 Å². The smallest absolute Gasteiger partial charge is 0.327 e. The summed E-state index contributed by atoms with van der Waals surface area (Å²) < 4.78 is 4.49. The fourth-order valence-electron chi connectivity index (χ4n) is 1.18. The zero-order valence-corrected chi connectivity index (χ0v) is 8.15. The molecule has 0 saturated heterocycles. The second kappa shape index (κ2) is 4.11. The molecule has 0 radical (unpaired) electrons. The van der Waals surface area contributed by atoms with E-state index in [9.17, 15) is 9.90 Å². The van der Waals surface area contributed by atoms with Crippen molar-refractivity contribution in [2.75, 3.05) is 7.11 Å². The van der Waals surface area contributed by atoms with Crippen molar-refractivity contribution >= 4 is 5.97 Å². The fourth-order valence-corrected chi connectivity index (χ4v) is 1.18. The zero-order valence-electron chi connectivity index (χ0n) is 8.15. The van der Waals surface area contributed by atoms with E-state index in [2.05, 4.69) is 4.74 Å². The number of benzene rings is 1. The van der Waals surface area contributed by atoms with Gasteiger partial charge in [-0.2, -0.15) is 0 Å². The largest absolute Gasteiger partial charge is 0.508 e. The van der Waals surface area contributed by atoms with Crippen LogP contribution in [0, 0.1) is 6.92 Å². The molecule has 4 nitrogen and oxygen atoms in total. The van der Waals surface area contributed by atoms with Gasteiger partial charge in [0.25, 0.3) is 0 Å². The van der Waals surface area contributed by atoms with E-state index in [1.807, 2.05) is 6.92 Å². The normalized spacial score (nSPS) is 12.2. The number of carbonyl (C=O) groups excluding carboxylic acids is 1. The summed E-state index contributed by atoms with van der Waals surface area (Å²) in [5, 5.41) is 9.46. The number of hydrogen-bond acceptors (Lipinski definition) is 4. The first-order valence-corrected chi connectivity index (χ1v) is 4.19. The third kappa shape index (κ3) is 2.03. The van der Waals surface area contributed by atoms with E-state index in [-0.39, 0.29) is 5.75 Å². The van der Waals surface area contributed by atoms with Crippen LogP contribution in [-0.2, 0) is 9.53 Å². The van der Waals surface area contributed by atoms with Crippen LogP contribution >= 0.6 is 0 Å². The van der Waals surface area contributed by atoms with Gasteiger partial charge in [0, 0.05) is 5.56 Å². The molecule has 0 aliphatic rings. The van der Waals surface area contributed by atoms with Crippen LogP contribution in [0.15, 0.2) is 18.2 Å². The van der Waals surface area contributed by atoms with E-state index in [4.69, 9.17) is 5.73 Å². The number of nitrogens with two attached hydrogens (primary N) is 1. The molecule has 0 bridgehead atoms. The average molecular weight is 195 g/mol. The van der Waals surface area contributed by atoms with Crippen LogP contribution in [0.2, 0.25) is 0 Å². The van der Waals surface area contributed by atoms with E-state index in [1.165, 1.54) is 13.2 Å². The Hall–Kier alpha value is -1.55. The van der Waals surface area contributed by atoms with Gasteiger partial charge in [0.1, 0.15) is 11.8 Å². The van der Waals surface area contributed by atoms with Gasteiger partial charge < -0.3 is 15.6 Å². The quantitative estimate of drug-likeness (QED) is 0.687. The van der Waals surface area contributed by atoms with Crippen molar-refractivity contribution in [3.8, 4) is 5.75 Å². The summed E-state index contributed by atoms with van der Waals surface area (Å²) in [5.74, 6) is -0.556. The Morgan fingerprint density at radius 1 is 1.57 bits per heavy atom. The number of ether oxygens (including phenoxy) is 1. The highest BCUT2D eigenvalue weighted by molar-refractivity contribution is 5.78. The van der Waals surface area contributed by atoms with Crippen molar-refractivity contribution in [2.24, 2.45) is 5.73 Å². The predicted molar refractivity (Wildman–Crippen MR) is 51.8 cm³/mol. The van der Waals surface area contributed by atoms with E-state index in [1.54, 1.807) is 12.1 Å².